The number of halogens is 2. The van der Waals surface area contributed by atoms with Gasteiger partial charge < -0.3 is 4.74 Å². The number of hydrogen-bond donors (Lipinski definition) is 0. The Morgan fingerprint density at radius 3 is 2.53 bits per heavy atom. The molecular formula is C15H11Cl2NO. The second kappa shape index (κ2) is 5.97. The maximum absolute atomic E-state index is 9.14. The van der Waals surface area contributed by atoms with Crippen LogP contribution in [0.2, 0.25) is 5.02 Å². The number of ether oxygens (including phenoxy) is 1. The van der Waals surface area contributed by atoms with Gasteiger partial charge >= 0.3 is 0 Å². The standard InChI is InChI=1S/C15H11Cl2NO/c1-10-6-13(17)3-5-14(10)19-15-4-2-11(8-16)7-12(15)9-18/h2-7H,8H2,1H3. The van der Waals surface area contributed by atoms with Crippen LogP contribution in [-0.2, 0) is 5.88 Å². The summed E-state index contributed by atoms with van der Waals surface area (Å²) in [5, 5.41) is 9.79. The SMILES string of the molecule is Cc1cc(Cl)ccc1Oc1ccc(CCl)cc1C#N. The first kappa shape index (κ1) is 13.7. The highest BCUT2D eigenvalue weighted by Gasteiger charge is 2.08. The fourth-order valence-electron chi connectivity index (χ4n) is 1.68. The Hall–Kier alpha value is -1.69. The van der Waals surface area contributed by atoms with Crippen molar-refractivity contribution in [1.29, 1.82) is 5.26 Å². The van der Waals surface area contributed by atoms with Crippen LogP contribution in [0, 0.1) is 18.3 Å². The summed E-state index contributed by atoms with van der Waals surface area (Å²) in [6, 6.07) is 12.8. The molecule has 2 rings (SSSR count). The molecule has 2 nitrogen and oxygen atoms in total. The molecule has 0 aromatic heterocycles. The lowest BCUT2D eigenvalue weighted by atomic mass is 10.1. The van der Waals surface area contributed by atoms with Crippen LogP contribution >= 0.6 is 23.2 Å². The third-order valence-corrected chi connectivity index (χ3v) is 3.22. The van der Waals surface area contributed by atoms with E-state index in [2.05, 4.69) is 6.07 Å². The summed E-state index contributed by atoms with van der Waals surface area (Å²) in [7, 11) is 0. The molecule has 0 spiro atoms. The highest BCUT2D eigenvalue weighted by Crippen LogP contribution is 2.30. The largest absolute Gasteiger partial charge is 0.456 e. The molecule has 2 aromatic carbocycles. The van der Waals surface area contributed by atoms with Crippen molar-refractivity contribution in [2.75, 3.05) is 0 Å². The van der Waals surface area contributed by atoms with Crippen LogP contribution in [0.4, 0.5) is 0 Å². The molecule has 0 amide bonds. The van der Waals surface area contributed by atoms with E-state index in [-0.39, 0.29) is 0 Å². The average Bonchev–Trinajstić information content (AvgIpc) is 2.42. The topological polar surface area (TPSA) is 33.0 Å². The maximum Gasteiger partial charge on any atom is 0.145 e. The van der Waals surface area contributed by atoms with Crippen LogP contribution in [0.5, 0.6) is 11.5 Å². The van der Waals surface area contributed by atoms with E-state index < -0.39 is 0 Å². The molecule has 19 heavy (non-hydrogen) atoms. The van der Waals surface area contributed by atoms with Crippen molar-refractivity contribution in [2.24, 2.45) is 0 Å². The van der Waals surface area contributed by atoms with Gasteiger partial charge in [0.1, 0.15) is 17.6 Å². The quantitative estimate of drug-likeness (QED) is 0.741. The fraction of sp³-hybridized carbons (Fsp3) is 0.133. The lowest BCUT2D eigenvalue weighted by Gasteiger charge is -2.10. The van der Waals surface area contributed by atoms with E-state index in [0.717, 1.165) is 11.1 Å². The summed E-state index contributed by atoms with van der Waals surface area (Å²) < 4.78 is 5.76. The Kier molecular flexibility index (Phi) is 4.31. The molecule has 0 saturated heterocycles. The van der Waals surface area contributed by atoms with Crippen molar-refractivity contribution in [1.82, 2.24) is 0 Å². The number of rotatable bonds is 3. The van der Waals surface area contributed by atoms with Crippen LogP contribution in [0.3, 0.4) is 0 Å². The Morgan fingerprint density at radius 1 is 1.16 bits per heavy atom. The lowest BCUT2D eigenvalue weighted by molar-refractivity contribution is 0.477. The molecule has 4 heteroatoms. The first-order valence-corrected chi connectivity index (χ1v) is 6.58. The van der Waals surface area contributed by atoms with Gasteiger partial charge in [-0.3, -0.25) is 0 Å². The number of hydrogen-bond acceptors (Lipinski definition) is 2. The highest BCUT2D eigenvalue weighted by molar-refractivity contribution is 6.30. The molecule has 0 radical (unpaired) electrons. The van der Waals surface area contributed by atoms with E-state index in [4.69, 9.17) is 33.2 Å². The van der Waals surface area contributed by atoms with E-state index in [0.29, 0.717) is 28.0 Å². The molecule has 0 saturated carbocycles. The zero-order valence-corrected chi connectivity index (χ0v) is 11.8. The van der Waals surface area contributed by atoms with Gasteiger partial charge in [0.15, 0.2) is 0 Å². The van der Waals surface area contributed by atoms with Gasteiger partial charge in [-0.2, -0.15) is 5.26 Å². The van der Waals surface area contributed by atoms with Gasteiger partial charge in [-0.1, -0.05) is 17.7 Å². The van der Waals surface area contributed by atoms with Crippen molar-refractivity contribution >= 4 is 23.2 Å². The lowest BCUT2D eigenvalue weighted by Crippen LogP contribution is -1.92. The van der Waals surface area contributed by atoms with E-state index in [1.807, 2.05) is 19.1 Å². The molecule has 0 heterocycles. The second-order valence-electron chi connectivity index (χ2n) is 4.09. The number of nitriles is 1. The van der Waals surface area contributed by atoms with Crippen LogP contribution in [0.15, 0.2) is 36.4 Å². The van der Waals surface area contributed by atoms with Crippen molar-refractivity contribution in [2.45, 2.75) is 12.8 Å². The summed E-state index contributed by atoms with van der Waals surface area (Å²) in [4.78, 5) is 0. The van der Waals surface area contributed by atoms with Crippen LogP contribution in [-0.4, -0.2) is 0 Å². The molecule has 2 aromatic rings. The van der Waals surface area contributed by atoms with Gasteiger partial charge in [0, 0.05) is 10.9 Å². The number of aryl methyl sites for hydroxylation is 1. The van der Waals surface area contributed by atoms with Gasteiger partial charge in [-0.05, 0) is 48.4 Å². The van der Waals surface area contributed by atoms with E-state index in [1.165, 1.54) is 0 Å². The molecule has 0 fully saturated rings. The summed E-state index contributed by atoms with van der Waals surface area (Å²) in [6.45, 7) is 1.90. The maximum atomic E-state index is 9.14. The Balaban J connectivity index is 2.35. The highest BCUT2D eigenvalue weighted by atomic mass is 35.5. The second-order valence-corrected chi connectivity index (χ2v) is 4.79. The predicted molar refractivity (Wildman–Crippen MR) is 77.0 cm³/mol. The third-order valence-electron chi connectivity index (χ3n) is 2.68. The number of nitrogens with zero attached hydrogens (tertiary/aromatic N) is 1. The smallest absolute Gasteiger partial charge is 0.145 e. The minimum absolute atomic E-state index is 0.370. The summed E-state index contributed by atoms with van der Waals surface area (Å²) >= 11 is 11.6. The minimum atomic E-state index is 0.370. The van der Waals surface area contributed by atoms with Crippen molar-refractivity contribution in [3.8, 4) is 17.6 Å². The van der Waals surface area contributed by atoms with Gasteiger partial charge in [0.05, 0.1) is 5.56 Å². The molecular weight excluding hydrogens is 281 g/mol. The number of alkyl halides is 1. The first-order valence-electron chi connectivity index (χ1n) is 5.67. The summed E-state index contributed by atoms with van der Waals surface area (Å²) in [5.74, 6) is 1.57. The molecule has 0 bridgehead atoms. The van der Waals surface area contributed by atoms with Gasteiger partial charge in [-0.15, -0.1) is 11.6 Å². The molecule has 0 aliphatic rings. The molecule has 0 unspecified atom stereocenters. The monoisotopic (exact) mass is 291 g/mol. The van der Waals surface area contributed by atoms with Gasteiger partial charge in [-0.25, -0.2) is 0 Å². The van der Waals surface area contributed by atoms with Crippen molar-refractivity contribution in [3.05, 3.63) is 58.1 Å². The van der Waals surface area contributed by atoms with Gasteiger partial charge in [0.25, 0.3) is 0 Å². The van der Waals surface area contributed by atoms with Crippen LogP contribution in [0.25, 0.3) is 0 Å². The normalized spacial score (nSPS) is 10.0. The van der Waals surface area contributed by atoms with E-state index >= 15 is 0 Å². The molecule has 0 aliphatic carbocycles. The number of benzene rings is 2. The predicted octanol–water partition coefficient (Wildman–Crippen LogP) is 5.05. The Bertz CT molecular complexity index is 647. The fourth-order valence-corrected chi connectivity index (χ4v) is 2.08. The summed E-state index contributed by atoms with van der Waals surface area (Å²) in [5.41, 5.74) is 2.27. The average molecular weight is 292 g/mol. The third kappa shape index (κ3) is 3.20. The zero-order valence-electron chi connectivity index (χ0n) is 10.3. The summed E-state index contributed by atoms with van der Waals surface area (Å²) in [6.07, 6.45) is 0. The van der Waals surface area contributed by atoms with Gasteiger partial charge in [0.2, 0.25) is 0 Å². The Morgan fingerprint density at radius 2 is 1.89 bits per heavy atom. The zero-order chi connectivity index (χ0) is 13.8. The minimum Gasteiger partial charge on any atom is -0.456 e. The van der Waals surface area contributed by atoms with E-state index in [9.17, 15) is 0 Å². The van der Waals surface area contributed by atoms with Crippen LogP contribution < -0.4 is 4.74 Å². The van der Waals surface area contributed by atoms with Crippen molar-refractivity contribution in [3.63, 3.8) is 0 Å². The molecule has 0 atom stereocenters. The van der Waals surface area contributed by atoms with E-state index in [1.54, 1.807) is 24.3 Å². The Labute approximate surface area is 122 Å². The molecule has 96 valence electrons. The van der Waals surface area contributed by atoms with Crippen molar-refractivity contribution < 1.29 is 4.74 Å². The first-order chi connectivity index (χ1) is 9.13. The molecule has 0 aliphatic heterocycles. The molecule has 0 N–H and O–H groups in total. The van der Waals surface area contributed by atoms with Crippen LogP contribution in [0.1, 0.15) is 16.7 Å².